The summed E-state index contributed by atoms with van der Waals surface area (Å²) in [4.78, 5) is 0. The molecular formula is C35H56O3Si4. The summed E-state index contributed by atoms with van der Waals surface area (Å²) in [5.41, 5.74) is 1.43. The molecule has 4 bridgehead atoms. The van der Waals surface area contributed by atoms with Crippen molar-refractivity contribution < 1.29 is 12.3 Å². The van der Waals surface area contributed by atoms with Crippen molar-refractivity contribution in [2.45, 2.75) is 103 Å². The lowest BCUT2D eigenvalue weighted by Gasteiger charge is -2.48. The number of fused-ring (bicyclic) bond motifs is 4. The molecule has 9 unspecified atom stereocenters. The highest BCUT2D eigenvalue weighted by atomic mass is 28.5. The summed E-state index contributed by atoms with van der Waals surface area (Å²) < 4.78 is 23.1. The van der Waals surface area contributed by atoms with Gasteiger partial charge in [0.25, 0.3) is 0 Å². The van der Waals surface area contributed by atoms with Gasteiger partial charge in [0.2, 0.25) is 0 Å². The SMILES string of the molecule is CC1CC2CC1C([Si](C)(C)O[Si](O[Si](C)(C)O[Si](C)(C)C1CC3CC1C(C)C3C)(c1ccccc1)c1ccccc1)C2. The van der Waals surface area contributed by atoms with E-state index in [4.69, 9.17) is 12.3 Å². The molecule has 3 nitrogen and oxygen atoms in total. The third-order valence-corrected chi connectivity index (χ3v) is 30.0. The van der Waals surface area contributed by atoms with Crippen molar-refractivity contribution in [1.82, 2.24) is 0 Å². The first-order valence-corrected chi connectivity index (χ1v) is 27.5. The van der Waals surface area contributed by atoms with Crippen LogP contribution in [0.15, 0.2) is 60.7 Å². The maximum atomic E-state index is 7.86. The predicted molar refractivity (Wildman–Crippen MR) is 186 cm³/mol. The number of hydrogen-bond acceptors (Lipinski definition) is 3. The molecule has 4 fully saturated rings. The molecule has 0 amide bonds. The van der Waals surface area contributed by atoms with Crippen LogP contribution in [0.4, 0.5) is 0 Å². The van der Waals surface area contributed by atoms with E-state index in [0.717, 1.165) is 47.0 Å². The van der Waals surface area contributed by atoms with E-state index in [1.54, 1.807) is 0 Å². The van der Waals surface area contributed by atoms with Gasteiger partial charge in [-0.05, 0) is 134 Å². The van der Waals surface area contributed by atoms with Gasteiger partial charge in [-0.2, -0.15) is 0 Å². The molecule has 230 valence electrons. The molecule has 42 heavy (non-hydrogen) atoms. The summed E-state index contributed by atoms with van der Waals surface area (Å²) in [5.74, 6) is 5.91. The second-order valence-electron chi connectivity index (χ2n) is 16.3. The van der Waals surface area contributed by atoms with E-state index < -0.39 is 33.8 Å². The Morgan fingerprint density at radius 2 is 1.10 bits per heavy atom. The summed E-state index contributed by atoms with van der Waals surface area (Å²) >= 11 is 0. The van der Waals surface area contributed by atoms with Crippen molar-refractivity contribution in [3.05, 3.63) is 60.7 Å². The van der Waals surface area contributed by atoms with Gasteiger partial charge >= 0.3 is 17.1 Å². The van der Waals surface area contributed by atoms with Gasteiger partial charge in [-0.3, -0.25) is 0 Å². The Labute approximate surface area is 260 Å². The molecule has 0 aliphatic heterocycles. The van der Waals surface area contributed by atoms with E-state index in [-0.39, 0.29) is 0 Å². The Bertz CT molecular complexity index is 1190. The first-order chi connectivity index (χ1) is 19.7. The lowest BCUT2D eigenvalue weighted by atomic mass is 9.81. The Balaban J connectivity index is 1.36. The molecule has 0 heterocycles. The van der Waals surface area contributed by atoms with Gasteiger partial charge in [-0.15, -0.1) is 0 Å². The van der Waals surface area contributed by atoms with Crippen LogP contribution in [-0.2, 0) is 12.3 Å². The van der Waals surface area contributed by atoms with E-state index >= 15 is 0 Å². The highest BCUT2D eigenvalue weighted by molar-refractivity contribution is 7.02. The third-order valence-electron chi connectivity index (χ3n) is 12.4. The summed E-state index contributed by atoms with van der Waals surface area (Å²) in [5, 5.41) is 2.47. The topological polar surface area (TPSA) is 27.7 Å². The second kappa shape index (κ2) is 11.2. The quantitative estimate of drug-likeness (QED) is 0.245. The van der Waals surface area contributed by atoms with Gasteiger partial charge in [-0.1, -0.05) is 81.4 Å². The van der Waals surface area contributed by atoms with Crippen LogP contribution in [0.1, 0.15) is 52.9 Å². The molecule has 0 saturated heterocycles. The molecule has 6 rings (SSSR count). The number of benzene rings is 2. The van der Waals surface area contributed by atoms with E-state index in [1.807, 2.05) is 0 Å². The van der Waals surface area contributed by atoms with E-state index in [9.17, 15) is 0 Å². The summed E-state index contributed by atoms with van der Waals surface area (Å²) in [6, 6.07) is 22.1. The minimum absolute atomic E-state index is 0.697. The molecule has 4 aliphatic rings. The molecule has 0 aromatic heterocycles. The Kier molecular flexibility index (Phi) is 8.32. The smallest absolute Gasteiger partial charge is 0.388 e. The lowest BCUT2D eigenvalue weighted by molar-refractivity contribution is 0.242. The highest BCUT2D eigenvalue weighted by Crippen LogP contribution is 2.61. The predicted octanol–water partition coefficient (Wildman–Crippen LogP) is 8.52. The van der Waals surface area contributed by atoms with Crippen LogP contribution in [-0.4, -0.2) is 33.8 Å². The van der Waals surface area contributed by atoms with Gasteiger partial charge in [0.15, 0.2) is 16.6 Å². The second-order valence-corrected chi connectivity index (χ2v) is 31.8. The average Bonchev–Trinajstić information content (AvgIpc) is 3.71. The Hall–Kier alpha value is -0.812. The van der Waals surface area contributed by atoms with Gasteiger partial charge in [0, 0.05) is 0 Å². The van der Waals surface area contributed by atoms with Crippen molar-refractivity contribution >= 4 is 44.1 Å². The summed E-state index contributed by atoms with van der Waals surface area (Å²) in [7, 11) is -9.90. The molecule has 0 N–H and O–H groups in total. The van der Waals surface area contributed by atoms with Crippen LogP contribution in [0.2, 0.25) is 50.4 Å². The Morgan fingerprint density at radius 3 is 1.60 bits per heavy atom. The van der Waals surface area contributed by atoms with Crippen LogP contribution < -0.4 is 10.4 Å². The maximum Gasteiger partial charge on any atom is 0.388 e. The van der Waals surface area contributed by atoms with Gasteiger partial charge < -0.3 is 12.3 Å². The van der Waals surface area contributed by atoms with Crippen molar-refractivity contribution in [3.8, 4) is 0 Å². The molecule has 7 heteroatoms. The fourth-order valence-electron chi connectivity index (χ4n) is 10.5. The van der Waals surface area contributed by atoms with Gasteiger partial charge in [0.1, 0.15) is 0 Å². The highest BCUT2D eigenvalue weighted by Gasteiger charge is 2.59. The van der Waals surface area contributed by atoms with Crippen LogP contribution in [0.5, 0.6) is 0 Å². The minimum Gasteiger partial charge on any atom is -0.436 e. The summed E-state index contributed by atoms with van der Waals surface area (Å²) in [6.45, 7) is 22.1. The standard InChI is InChI=1S/C35H56O3Si4/c1-25-20-28-21-32(25)34(22-28)40(6,7)37-42(30-16-12-10-13-17-30,31-18-14-11-15-19-31)38-41(8,9)36-39(4,5)35-24-29-23-33(35)27(3)26(29)2/h10-19,25-29,32-35H,20-24H2,1-9H3. The Morgan fingerprint density at radius 1 is 0.548 bits per heavy atom. The van der Waals surface area contributed by atoms with Crippen molar-refractivity contribution in [1.29, 1.82) is 0 Å². The zero-order chi connectivity index (χ0) is 30.1. The van der Waals surface area contributed by atoms with Crippen LogP contribution in [0.3, 0.4) is 0 Å². The molecule has 9 atom stereocenters. The molecule has 0 radical (unpaired) electrons. The van der Waals surface area contributed by atoms with E-state index in [1.165, 1.54) is 42.5 Å². The summed E-state index contributed by atoms with van der Waals surface area (Å²) in [6.07, 6.45) is 6.93. The first kappa shape index (κ1) is 31.2. The van der Waals surface area contributed by atoms with Gasteiger partial charge in [0.05, 0.1) is 0 Å². The largest absolute Gasteiger partial charge is 0.436 e. The molecule has 4 aliphatic carbocycles. The van der Waals surface area contributed by atoms with Crippen LogP contribution in [0, 0.1) is 41.4 Å². The van der Waals surface area contributed by atoms with E-state index in [2.05, 4.69) is 121 Å². The van der Waals surface area contributed by atoms with Gasteiger partial charge in [-0.25, -0.2) is 0 Å². The minimum atomic E-state index is -3.10. The number of hydrogen-bond donors (Lipinski definition) is 0. The zero-order valence-electron chi connectivity index (χ0n) is 27.7. The molecule has 2 aromatic carbocycles. The fraction of sp³-hybridized carbons (Fsp3) is 0.657. The fourth-order valence-corrected chi connectivity index (χ4v) is 31.8. The molecule has 0 spiro atoms. The van der Waals surface area contributed by atoms with Crippen LogP contribution in [0.25, 0.3) is 0 Å². The van der Waals surface area contributed by atoms with E-state index in [0.29, 0.717) is 5.54 Å². The normalized spacial score (nSPS) is 34.8. The van der Waals surface area contributed by atoms with Crippen molar-refractivity contribution in [2.75, 3.05) is 0 Å². The lowest BCUT2D eigenvalue weighted by Crippen LogP contribution is -2.72. The van der Waals surface area contributed by atoms with Crippen molar-refractivity contribution in [3.63, 3.8) is 0 Å². The van der Waals surface area contributed by atoms with Crippen LogP contribution >= 0.6 is 0 Å². The third kappa shape index (κ3) is 5.58. The maximum absolute atomic E-state index is 7.86. The first-order valence-electron chi connectivity index (χ1n) is 16.9. The molecule has 4 saturated carbocycles. The average molecular weight is 637 g/mol. The molecule has 2 aromatic rings. The monoisotopic (exact) mass is 636 g/mol. The zero-order valence-corrected chi connectivity index (χ0v) is 31.7. The number of rotatable bonds is 10. The van der Waals surface area contributed by atoms with Crippen molar-refractivity contribution in [2.24, 2.45) is 41.4 Å². The molecular weight excluding hydrogens is 581 g/mol.